The molecule has 88 valence electrons. The van der Waals surface area contributed by atoms with Gasteiger partial charge in [-0.1, -0.05) is 54.6 Å². The molecule has 0 radical (unpaired) electrons. The number of hydrogen-bond acceptors (Lipinski definition) is 2. The molecular formula is C15H17NO. The van der Waals surface area contributed by atoms with Gasteiger partial charge in [0.25, 0.3) is 0 Å². The molecule has 2 aromatic rings. The fraction of sp³-hybridized carbons (Fsp3) is 0.200. The molecule has 0 heterocycles. The Kier molecular flexibility index (Phi) is 4.30. The molecule has 2 heteroatoms. The molecule has 0 spiro atoms. The van der Waals surface area contributed by atoms with Crippen LogP contribution in [0.25, 0.3) is 0 Å². The van der Waals surface area contributed by atoms with E-state index in [0.717, 1.165) is 6.54 Å². The summed E-state index contributed by atoms with van der Waals surface area (Å²) in [6, 6.07) is 18.5. The van der Waals surface area contributed by atoms with Crippen LogP contribution in [0, 0.1) is 6.92 Å². The number of hydroxylamine groups is 1. The van der Waals surface area contributed by atoms with E-state index < -0.39 is 0 Å². The SMILES string of the molecule is Cc1ccccc1CONCc1ccccc1. The van der Waals surface area contributed by atoms with Gasteiger partial charge in [0.1, 0.15) is 0 Å². The summed E-state index contributed by atoms with van der Waals surface area (Å²) < 4.78 is 0. The molecule has 2 aromatic carbocycles. The summed E-state index contributed by atoms with van der Waals surface area (Å²) in [5.41, 5.74) is 6.67. The van der Waals surface area contributed by atoms with E-state index in [4.69, 9.17) is 4.84 Å². The molecular weight excluding hydrogens is 210 g/mol. The number of aryl methyl sites for hydroxylation is 1. The highest BCUT2D eigenvalue weighted by atomic mass is 16.6. The Hall–Kier alpha value is -1.64. The molecule has 2 nitrogen and oxygen atoms in total. The van der Waals surface area contributed by atoms with Gasteiger partial charge in [0, 0.05) is 6.54 Å². The highest BCUT2D eigenvalue weighted by Gasteiger charge is 1.96. The summed E-state index contributed by atoms with van der Waals surface area (Å²) >= 11 is 0. The summed E-state index contributed by atoms with van der Waals surface area (Å²) in [6.45, 7) is 3.42. The molecule has 17 heavy (non-hydrogen) atoms. The lowest BCUT2D eigenvalue weighted by Crippen LogP contribution is -2.14. The molecule has 0 aromatic heterocycles. The van der Waals surface area contributed by atoms with Gasteiger partial charge in [0.2, 0.25) is 0 Å². The minimum Gasteiger partial charge on any atom is -0.297 e. The van der Waals surface area contributed by atoms with Crippen molar-refractivity contribution in [1.82, 2.24) is 5.48 Å². The molecule has 0 aliphatic carbocycles. The van der Waals surface area contributed by atoms with Gasteiger partial charge in [0.15, 0.2) is 0 Å². The highest BCUT2D eigenvalue weighted by molar-refractivity contribution is 5.24. The van der Waals surface area contributed by atoms with Crippen molar-refractivity contribution in [2.24, 2.45) is 0 Å². The Labute approximate surface area is 102 Å². The fourth-order valence-corrected chi connectivity index (χ4v) is 1.63. The Balaban J connectivity index is 1.76. The summed E-state index contributed by atoms with van der Waals surface area (Å²) in [5.74, 6) is 0. The van der Waals surface area contributed by atoms with Crippen LogP contribution in [0.1, 0.15) is 16.7 Å². The number of benzene rings is 2. The van der Waals surface area contributed by atoms with Crippen LogP contribution in [0.15, 0.2) is 54.6 Å². The second-order valence-corrected chi connectivity index (χ2v) is 4.02. The zero-order valence-corrected chi connectivity index (χ0v) is 10.0. The Morgan fingerprint density at radius 2 is 1.65 bits per heavy atom. The van der Waals surface area contributed by atoms with Gasteiger partial charge >= 0.3 is 0 Å². The Morgan fingerprint density at radius 1 is 0.941 bits per heavy atom. The van der Waals surface area contributed by atoms with Crippen LogP contribution in [-0.4, -0.2) is 0 Å². The van der Waals surface area contributed by atoms with Crippen molar-refractivity contribution in [2.45, 2.75) is 20.1 Å². The molecule has 0 amide bonds. The summed E-state index contributed by atoms with van der Waals surface area (Å²) in [7, 11) is 0. The van der Waals surface area contributed by atoms with Crippen LogP contribution in [0.4, 0.5) is 0 Å². The fourth-order valence-electron chi connectivity index (χ4n) is 1.63. The van der Waals surface area contributed by atoms with Crippen molar-refractivity contribution in [3.8, 4) is 0 Å². The molecule has 0 saturated heterocycles. The van der Waals surface area contributed by atoms with Crippen molar-refractivity contribution in [1.29, 1.82) is 0 Å². The quantitative estimate of drug-likeness (QED) is 0.625. The van der Waals surface area contributed by atoms with Crippen molar-refractivity contribution >= 4 is 0 Å². The topological polar surface area (TPSA) is 21.3 Å². The second kappa shape index (κ2) is 6.18. The average Bonchev–Trinajstić information content (AvgIpc) is 2.38. The van der Waals surface area contributed by atoms with Gasteiger partial charge in [-0.05, 0) is 23.6 Å². The van der Waals surface area contributed by atoms with Crippen molar-refractivity contribution in [2.75, 3.05) is 0 Å². The van der Waals surface area contributed by atoms with Gasteiger partial charge in [-0.25, -0.2) is 0 Å². The van der Waals surface area contributed by atoms with Crippen LogP contribution in [0.5, 0.6) is 0 Å². The van der Waals surface area contributed by atoms with E-state index in [-0.39, 0.29) is 0 Å². The standard InChI is InChI=1S/C15H17NO/c1-13-7-5-6-10-15(13)12-17-16-11-14-8-3-2-4-9-14/h2-10,16H,11-12H2,1H3. The lowest BCUT2D eigenvalue weighted by Gasteiger charge is -2.08. The van der Waals surface area contributed by atoms with Crippen molar-refractivity contribution in [3.63, 3.8) is 0 Å². The third-order valence-corrected chi connectivity index (χ3v) is 2.71. The van der Waals surface area contributed by atoms with E-state index in [2.05, 4.69) is 36.7 Å². The molecule has 2 rings (SSSR count). The van der Waals surface area contributed by atoms with E-state index in [9.17, 15) is 0 Å². The minimum absolute atomic E-state index is 0.597. The molecule has 0 unspecified atom stereocenters. The molecule has 0 saturated carbocycles. The van der Waals surface area contributed by atoms with Crippen LogP contribution in [0.3, 0.4) is 0 Å². The van der Waals surface area contributed by atoms with E-state index >= 15 is 0 Å². The molecule has 0 aliphatic rings. The lowest BCUT2D eigenvalue weighted by molar-refractivity contribution is 0.0232. The third kappa shape index (κ3) is 3.70. The monoisotopic (exact) mass is 227 g/mol. The largest absolute Gasteiger partial charge is 0.297 e. The maximum absolute atomic E-state index is 5.45. The van der Waals surface area contributed by atoms with Gasteiger partial charge in [-0.3, -0.25) is 4.84 Å². The molecule has 1 N–H and O–H groups in total. The zero-order chi connectivity index (χ0) is 11.9. The van der Waals surface area contributed by atoms with Gasteiger partial charge < -0.3 is 0 Å². The van der Waals surface area contributed by atoms with Crippen molar-refractivity contribution < 1.29 is 4.84 Å². The second-order valence-electron chi connectivity index (χ2n) is 4.02. The predicted octanol–water partition coefficient (Wildman–Crippen LogP) is 3.22. The van der Waals surface area contributed by atoms with Gasteiger partial charge in [-0.2, -0.15) is 5.48 Å². The first-order valence-corrected chi connectivity index (χ1v) is 5.79. The maximum atomic E-state index is 5.45. The summed E-state index contributed by atoms with van der Waals surface area (Å²) in [4.78, 5) is 5.45. The summed E-state index contributed by atoms with van der Waals surface area (Å²) in [5, 5.41) is 0. The third-order valence-electron chi connectivity index (χ3n) is 2.71. The van der Waals surface area contributed by atoms with E-state index in [1.54, 1.807) is 0 Å². The minimum atomic E-state index is 0.597. The first kappa shape index (κ1) is 11.8. The summed E-state index contributed by atoms with van der Waals surface area (Å²) in [6.07, 6.45) is 0. The Morgan fingerprint density at radius 3 is 2.41 bits per heavy atom. The van der Waals surface area contributed by atoms with Gasteiger partial charge in [-0.15, -0.1) is 0 Å². The van der Waals surface area contributed by atoms with Crippen LogP contribution < -0.4 is 5.48 Å². The lowest BCUT2D eigenvalue weighted by atomic mass is 10.1. The van der Waals surface area contributed by atoms with Gasteiger partial charge in [0.05, 0.1) is 6.61 Å². The Bertz CT molecular complexity index is 453. The zero-order valence-electron chi connectivity index (χ0n) is 10.0. The maximum Gasteiger partial charge on any atom is 0.0935 e. The van der Waals surface area contributed by atoms with Crippen LogP contribution in [-0.2, 0) is 18.0 Å². The highest BCUT2D eigenvalue weighted by Crippen LogP contribution is 2.07. The molecule has 0 aliphatic heterocycles. The van der Waals surface area contributed by atoms with E-state index in [1.807, 2.05) is 30.3 Å². The molecule has 0 atom stereocenters. The van der Waals surface area contributed by atoms with Crippen LogP contribution >= 0.6 is 0 Å². The predicted molar refractivity (Wildman–Crippen MR) is 69.2 cm³/mol. The molecule has 0 fully saturated rings. The first-order chi connectivity index (χ1) is 8.36. The normalized spacial score (nSPS) is 10.4. The van der Waals surface area contributed by atoms with Crippen molar-refractivity contribution in [3.05, 3.63) is 71.3 Å². The van der Waals surface area contributed by atoms with E-state index in [1.165, 1.54) is 16.7 Å². The number of nitrogens with one attached hydrogen (secondary N) is 1. The average molecular weight is 227 g/mol. The van der Waals surface area contributed by atoms with Crippen LogP contribution in [0.2, 0.25) is 0 Å². The molecule has 0 bridgehead atoms. The van der Waals surface area contributed by atoms with E-state index in [0.29, 0.717) is 6.61 Å². The number of rotatable bonds is 5. The smallest absolute Gasteiger partial charge is 0.0935 e. The number of hydrogen-bond donors (Lipinski definition) is 1. The first-order valence-electron chi connectivity index (χ1n) is 5.79.